The van der Waals surface area contributed by atoms with Gasteiger partial charge >= 0.3 is 0 Å². The fourth-order valence-electron chi connectivity index (χ4n) is 3.75. The first-order chi connectivity index (χ1) is 9.54. The number of aryl methyl sites for hydroxylation is 1. The first kappa shape index (κ1) is 13.3. The third-order valence-corrected chi connectivity index (χ3v) is 4.87. The van der Waals surface area contributed by atoms with Crippen LogP contribution >= 0.6 is 0 Å². The van der Waals surface area contributed by atoms with Crippen LogP contribution in [0.4, 0.5) is 0 Å². The molecule has 20 heavy (non-hydrogen) atoms. The number of hydrogen-bond donors (Lipinski definition) is 0. The Morgan fingerprint density at radius 2 is 2.10 bits per heavy atom. The Hall–Kier alpha value is -1.71. The van der Waals surface area contributed by atoms with E-state index in [-0.39, 0.29) is 23.0 Å². The fraction of sp³-hybridized carbons (Fsp3) is 0.562. The number of Topliss-reactive ketones (excluding diaryl/α,β-unsaturated/α-hetero) is 1. The maximum atomic E-state index is 12.8. The Bertz CT molecular complexity index is 581. The number of nitro groups is 1. The van der Waals surface area contributed by atoms with Crippen molar-refractivity contribution in [2.45, 2.75) is 56.9 Å². The van der Waals surface area contributed by atoms with Crippen molar-refractivity contribution in [2.24, 2.45) is 0 Å². The Morgan fingerprint density at radius 1 is 1.30 bits per heavy atom. The second-order valence-corrected chi connectivity index (χ2v) is 6.18. The summed E-state index contributed by atoms with van der Waals surface area (Å²) in [7, 11) is 0. The lowest BCUT2D eigenvalue weighted by Gasteiger charge is -2.36. The summed E-state index contributed by atoms with van der Waals surface area (Å²) in [5.74, 6) is -0.426. The van der Waals surface area contributed by atoms with Gasteiger partial charge in [-0.05, 0) is 30.9 Å². The van der Waals surface area contributed by atoms with Crippen LogP contribution in [0, 0.1) is 17.0 Å². The van der Waals surface area contributed by atoms with Crippen molar-refractivity contribution in [2.75, 3.05) is 0 Å². The predicted octanol–water partition coefficient (Wildman–Crippen LogP) is 3.18. The molecular formula is C16H19NO3. The van der Waals surface area contributed by atoms with Crippen LogP contribution in [0.1, 0.15) is 54.7 Å². The third-order valence-electron chi connectivity index (χ3n) is 4.87. The van der Waals surface area contributed by atoms with Gasteiger partial charge in [0.05, 0.1) is 12.3 Å². The Morgan fingerprint density at radius 3 is 2.85 bits per heavy atom. The summed E-state index contributed by atoms with van der Waals surface area (Å²) in [5, 5.41) is 11.6. The number of benzene rings is 1. The Labute approximate surface area is 118 Å². The number of fused-ring (bicyclic) bond motifs is 4. The molecule has 106 valence electrons. The number of carbonyl (C=O) groups is 1. The van der Waals surface area contributed by atoms with E-state index < -0.39 is 5.54 Å². The molecule has 0 spiro atoms. The summed E-state index contributed by atoms with van der Waals surface area (Å²) in [5.41, 5.74) is 1.79. The maximum Gasteiger partial charge on any atom is 0.283 e. The van der Waals surface area contributed by atoms with Crippen molar-refractivity contribution in [1.29, 1.82) is 0 Å². The largest absolute Gasteiger partial charge is 0.291 e. The van der Waals surface area contributed by atoms with Crippen molar-refractivity contribution in [3.05, 3.63) is 45.0 Å². The minimum atomic E-state index is -1.37. The van der Waals surface area contributed by atoms with Gasteiger partial charge in [0, 0.05) is 11.3 Å². The second-order valence-electron chi connectivity index (χ2n) is 6.18. The smallest absolute Gasteiger partial charge is 0.283 e. The lowest BCUT2D eigenvalue weighted by molar-refractivity contribution is -0.554. The third kappa shape index (κ3) is 1.86. The number of rotatable bonds is 1. The molecule has 0 saturated heterocycles. The molecule has 0 aliphatic heterocycles. The van der Waals surface area contributed by atoms with Crippen LogP contribution in [0.15, 0.2) is 18.2 Å². The quantitative estimate of drug-likeness (QED) is 0.583. The normalized spacial score (nSPS) is 29.2. The molecule has 0 heterocycles. The number of carbonyl (C=O) groups excluding carboxylic acids is 1. The van der Waals surface area contributed by atoms with Gasteiger partial charge < -0.3 is 0 Å². The van der Waals surface area contributed by atoms with Gasteiger partial charge in [-0.15, -0.1) is 0 Å². The second kappa shape index (κ2) is 4.69. The zero-order valence-electron chi connectivity index (χ0n) is 11.7. The van der Waals surface area contributed by atoms with E-state index in [0.717, 1.165) is 42.4 Å². The van der Waals surface area contributed by atoms with Crippen LogP contribution in [0.3, 0.4) is 0 Å². The number of nitrogens with zero attached hydrogens (tertiary/aromatic N) is 1. The van der Waals surface area contributed by atoms with E-state index in [0.29, 0.717) is 6.42 Å². The summed E-state index contributed by atoms with van der Waals surface area (Å²) < 4.78 is 0. The maximum absolute atomic E-state index is 12.8. The van der Waals surface area contributed by atoms with Gasteiger partial charge in [-0.25, -0.2) is 0 Å². The Kier molecular flexibility index (Phi) is 3.11. The zero-order valence-corrected chi connectivity index (χ0v) is 11.7. The summed E-state index contributed by atoms with van der Waals surface area (Å²) in [6, 6.07) is 6.01. The van der Waals surface area contributed by atoms with Crippen molar-refractivity contribution in [3.63, 3.8) is 0 Å². The highest BCUT2D eigenvalue weighted by Crippen LogP contribution is 2.43. The highest BCUT2D eigenvalue weighted by molar-refractivity contribution is 5.95. The zero-order chi connectivity index (χ0) is 14.3. The van der Waals surface area contributed by atoms with Gasteiger partial charge in [0.2, 0.25) is 5.78 Å². The van der Waals surface area contributed by atoms with Crippen LogP contribution in [-0.4, -0.2) is 16.2 Å². The molecule has 1 fully saturated rings. The van der Waals surface area contributed by atoms with E-state index >= 15 is 0 Å². The van der Waals surface area contributed by atoms with E-state index in [1.54, 1.807) is 0 Å². The molecule has 2 aliphatic carbocycles. The monoisotopic (exact) mass is 273 g/mol. The molecule has 1 aromatic carbocycles. The Balaban J connectivity index is 2.17. The molecule has 2 aliphatic rings. The van der Waals surface area contributed by atoms with Gasteiger partial charge in [-0.3, -0.25) is 14.9 Å². The lowest BCUT2D eigenvalue weighted by atomic mass is 9.66. The summed E-state index contributed by atoms with van der Waals surface area (Å²) >= 11 is 0. The number of ketones is 1. The number of hydrogen-bond acceptors (Lipinski definition) is 3. The van der Waals surface area contributed by atoms with Crippen LogP contribution in [-0.2, 0) is 11.2 Å². The van der Waals surface area contributed by atoms with Crippen molar-refractivity contribution < 1.29 is 9.72 Å². The van der Waals surface area contributed by atoms with Gasteiger partial charge in [0.15, 0.2) is 0 Å². The van der Waals surface area contributed by atoms with E-state index in [1.807, 2.05) is 25.1 Å². The van der Waals surface area contributed by atoms with Gasteiger partial charge in [-0.2, -0.15) is 0 Å². The van der Waals surface area contributed by atoms with E-state index in [9.17, 15) is 14.9 Å². The molecule has 0 unspecified atom stereocenters. The molecular weight excluding hydrogens is 254 g/mol. The minimum absolute atomic E-state index is 0.152. The van der Waals surface area contributed by atoms with Crippen LogP contribution in [0.25, 0.3) is 0 Å². The summed E-state index contributed by atoms with van der Waals surface area (Å²) in [6.07, 6.45) is 4.16. The van der Waals surface area contributed by atoms with Crippen molar-refractivity contribution >= 4 is 5.78 Å². The molecule has 2 bridgehead atoms. The molecule has 0 radical (unpaired) electrons. The molecule has 0 N–H and O–H groups in total. The molecule has 4 heteroatoms. The average molecular weight is 273 g/mol. The average Bonchev–Trinajstić information content (AvgIpc) is 2.41. The van der Waals surface area contributed by atoms with Gasteiger partial charge in [-0.1, -0.05) is 36.6 Å². The van der Waals surface area contributed by atoms with E-state index in [2.05, 4.69) is 0 Å². The first-order valence-corrected chi connectivity index (χ1v) is 7.33. The summed E-state index contributed by atoms with van der Waals surface area (Å²) in [4.78, 5) is 24.1. The van der Waals surface area contributed by atoms with Crippen LogP contribution in [0.5, 0.6) is 0 Å². The molecule has 0 amide bonds. The predicted molar refractivity (Wildman–Crippen MR) is 75.4 cm³/mol. The molecule has 0 aromatic heterocycles. The highest BCUT2D eigenvalue weighted by atomic mass is 16.6. The molecule has 1 aromatic rings. The molecule has 3 rings (SSSR count). The van der Waals surface area contributed by atoms with Gasteiger partial charge in [0.1, 0.15) is 0 Å². The SMILES string of the molecule is Cc1ccc2c(c1)[C@@H]1CCCCC[C@]([N+](=O)[O-])(C2)C1=O. The van der Waals surface area contributed by atoms with Crippen LogP contribution in [0.2, 0.25) is 0 Å². The van der Waals surface area contributed by atoms with Gasteiger partial charge in [0.25, 0.3) is 5.54 Å². The summed E-state index contributed by atoms with van der Waals surface area (Å²) in [6.45, 7) is 2.00. The van der Waals surface area contributed by atoms with Crippen molar-refractivity contribution in [1.82, 2.24) is 0 Å². The standard InChI is InChI=1S/C16H19NO3/c1-11-6-7-12-10-16(17(19)20)8-4-2-3-5-13(15(16)18)14(12)9-11/h6-7,9,13H,2-5,8,10H2,1H3/t13-,16-/m0/s1. The fourth-order valence-corrected chi connectivity index (χ4v) is 3.75. The van der Waals surface area contributed by atoms with E-state index in [4.69, 9.17) is 0 Å². The minimum Gasteiger partial charge on any atom is -0.291 e. The first-order valence-electron chi connectivity index (χ1n) is 7.33. The highest BCUT2D eigenvalue weighted by Gasteiger charge is 2.56. The molecule has 2 atom stereocenters. The van der Waals surface area contributed by atoms with E-state index in [1.165, 1.54) is 0 Å². The lowest BCUT2D eigenvalue weighted by Crippen LogP contribution is -2.53. The van der Waals surface area contributed by atoms with Crippen LogP contribution < -0.4 is 0 Å². The topological polar surface area (TPSA) is 60.2 Å². The molecule has 4 nitrogen and oxygen atoms in total. The molecule has 1 saturated carbocycles. The van der Waals surface area contributed by atoms with Crippen molar-refractivity contribution in [3.8, 4) is 0 Å².